The van der Waals surface area contributed by atoms with E-state index in [1.807, 2.05) is 19.0 Å². The van der Waals surface area contributed by atoms with Gasteiger partial charge in [-0.25, -0.2) is 0 Å². The van der Waals surface area contributed by atoms with E-state index in [-0.39, 0.29) is 11.9 Å². The normalized spacial score (nSPS) is 19.3. The second-order valence-corrected chi connectivity index (χ2v) is 6.26. The zero-order valence-corrected chi connectivity index (χ0v) is 13.6. The molecule has 1 amide bonds. The van der Waals surface area contributed by atoms with Crippen molar-refractivity contribution in [3.63, 3.8) is 0 Å². The van der Waals surface area contributed by atoms with Crippen LogP contribution in [0.25, 0.3) is 0 Å². The summed E-state index contributed by atoms with van der Waals surface area (Å²) >= 11 is 0. The molecule has 1 aliphatic rings. The van der Waals surface area contributed by atoms with Gasteiger partial charge in [0.2, 0.25) is 5.91 Å². The number of amides is 1. The van der Waals surface area contributed by atoms with Crippen molar-refractivity contribution < 1.29 is 4.79 Å². The number of carbonyl (C=O) groups excluding carboxylic acids is 1. The van der Waals surface area contributed by atoms with E-state index in [9.17, 15) is 4.79 Å². The number of carbonyl (C=O) groups is 1. The van der Waals surface area contributed by atoms with Crippen LogP contribution in [0.4, 0.5) is 0 Å². The molecule has 0 aromatic carbocycles. The van der Waals surface area contributed by atoms with Crippen molar-refractivity contribution in [2.75, 3.05) is 47.3 Å². The van der Waals surface area contributed by atoms with Crippen molar-refractivity contribution in [2.45, 2.75) is 44.7 Å². The second kappa shape index (κ2) is 8.60. The summed E-state index contributed by atoms with van der Waals surface area (Å²) in [4.78, 5) is 19.1. The summed E-state index contributed by atoms with van der Waals surface area (Å²) in [5, 5.41) is 0. The van der Waals surface area contributed by atoms with E-state index in [0.29, 0.717) is 6.04 Å². The Hall–Kier alpha value is -0.650. The number of likely N-dealkylation sites (N-methyl/N-ethyl adjacent to an activating group) is 1. The number of hydrogen-bond acceptors (Lipinski definition) is 4. The zero-order chi connectivity index (χ0) is 15.1. The van der Waals surface area contributed by atoms with Crippen LogP contribution in [0.15, 0.2) is 0 Å². The average molecular weight is 284 g/mol. The quantitative estimate of drug-likeness (QED) is 0.744. The van der Waals surface area contributed by atoms with Crippen molar-refractivity contribution >= 4 is 5.91 Å². The molecule has 0 saturated carbocycles. The summed E-state index contributed by atoms with van der Waals surface area (Å²) in [5.74, 6) is 0.142. The Bertz CT molecular complexity index is 288. The topological polar surface area (TPSA) is 52.8 Å². The molecule has 1 aliphatic heterocycles. The molecule has 0 bridgehead atoms. The van der Waals surface area contributed by atoms with E-state index in [1.54, 1.807) is 0 Å². The van der Waals surface area contributed by atoms with Crippen molar-refractivity contribution in [3.05, 3.63) is 0 Å². The first-order valence-electron chi connectivity index (χ1n) is 7.85. The van der Waals surface area contributed by atoms with Crippen molar-refractivity contribution in [2.24, 2.45) is 5.73 Å². The molecular weight excluding hydrogens is 252 g/mol. The highest BCUT2D eigenvalue weighted by atomic mass is 16.2. The molecule has 20 heavy (non-hydrogen) atoms. The Labute approximate surface area is 124 Å². The van der Waals surface area contributed by atoms with Crippen molar-refractivity contribution in [1.29, 1.82) is 0 Å². The summed E-state index contributed by atoms with van der Waals surface area (Å²) in [6, 6.07) is 0.0309. The number of likely N-dealkylation sites (tertiary alicyclic amines) is 1. The number of nitrogens with two attached hydrogens (primary N) is 1. The molecule has 0 unspecified atom stereocenters. The predicted molar refractivity (Wildman–Crippen MR) is 83.7 cm³/mol. The molecule has 1 saturated heterocycles. The Balaban J connectivity index is 2.66. The highest BCUT2D eigenvalue weighted by Crippen LogP contribution is 2.17. The lowest BCUT2D eigenvalue weighted by atomic mass is 10.0. The van der Waals surface area contributed by atoms with E-state index in [1.165, 1.54) is 0 Å². The summed E-state index contributed by atoms with van der Waals surface area (Å²) in [6.07, 6.45) is 3.87. The van der Waals surface area contributed by atoms with Gasteiger partial charge in [0, 0.05) is 19.1 Å². The van der Waals surface area contributed by atoms with Crippen LogP contribution in [-0.2, 0) is 4.79 Å². The maximum Gasteiger partial charge on any atom is 0.239 e. The molecule has 0 aromatic heterocycles. The number of piperidine rings is 1. The lowest BCUT2D eigenvalue weighted by molar-refractivity contribution is -0.136. The molecule has 2 N–H and O–H groups in total. The van der Waals surface area contributed by atoms with Gasteiger partial charge in [-0.1, -0.05) is 13.3 Å². The zero-order valence-electron chi connectivity index (χ0n) is 13.6. The summed E-state index contributed by atoms with van der Waals surface area (Å²) in [6.45, 7) is 5.90. The van der Waals surface area contributed by atoms with Crippen LogP contribution >= 0.6 is 0 Å². The van der Waals surface area contributed by atoms with Crippen LogP contribution in [-0.4, -0.2) is 80.0 Å². The fourth-order valence-corrected chi connectivity index (χ4v) is 2.73. The minimum atomic E-state index is -0.332. The van der Waals surface area contributed by atoms with Gasteiger partial charge in [-0.15, -0.1) is 0 Å². The van der Waals surface area contributed by atoms with Crippen LogP contribution in [0.5, 0.6) is 0 Å². The van der Waals surface area contributed by atoms with Gasteiger partial charge in [-0.2, -0.15) is 0 Å². The van der Waals surface area contributed by atoms with E-state index < -0.39 is 0 Å². The predicted octanol–water partition coefficient (Wildman–Crippen LogP) is 0.598. The molecule has 5 heteroatoms. The minimum Gasteiger partial charge on any atom is -0.337 e. The lowest BCUT2D eigenvalue weighted by Crippen LogP contribution is -2.53. The van der Waals surface area contributed by atoms with E-state index in [0.717, 1.165) is 51.9 Å². The molecule has 0 aromatic rings. The third kappa shape index (κ3) is 5.38. The van der Waals surface area contributed by atoms with E-state index in [2.05, 4.69) is 23.8 Å². The Morgan fingerprint density at radius 2 is 1.90 bits per heavy atom. The first-order valence-corrected chi connectivity index (χ1v) is 7.85. The van der Waals surface area contributed by atoms with Gasteiger partial charge < -0.3 is 20.4 Å². The van der Waals surface area contributed by atoms with Gasteiger partial charge in [0.15, 0.2) is 0 Å². The lowest BCUT2D eigenvalue weighted by Gasteiger charge is -2.39. The minimum absolute atomic E-state index is 0.142. The molecule has 118 valence electrons. The third-order valence-corrected chi connectivity index (χ3v) is 4.12. The molecule has 5 nitrogen and oxygen atoms in total. The first kappa shape index (κ1) is 17.4. The highest BCUT2D eigenvalue weighted by Gasteiger charge is 2.29. The summed E-state index contributed by atoms with van der Waals surface area (Å²) in [5.41, 5.74) is 6.05. The Morgan fingerprint density at radius 3 is 2.40 bits per heavy atom. The third-order valence-electron chi connectivity index (χ3n) is 4.12. The molecular formula is C15H32N4O. The monoisotopic (exact) mass is 284 g/mol. The average Bonchev–Trinajstić information content (AvgIpc) is 2.40. The molecule has 0 radical (unpaired) electrons. The molecule has 1 heterocycles. The van der Waals surface area contributed by atoms with Crippen LogP contribution < -0.4 is 5.73 Å². The maximum absolute atomic E-state index is 12.6. The van der Waals surface area contributed by atoms with E-state index >= 15 is 0 Å². The number of rotatable bonds is 7. The van der Waals surface area contributed by atoms with Gasteiger partial charge in [0.1, 0.15) is 0 Å². The van der Waals surface area contributed by atoms with Crippen molar-refractivity contribution in [3.8, 4) is 0 Å². The molecule has 0 spiro atoms. The second-order valence-electron chi connectivity index (χ2n) is 6.26. The summed E-state index contributed by atoms with van der Waals surface area (Å²) in [7, 11) is 6.23. The maximum atomic E-state index is 12.6. The van der Waals surface area contributed by atoms with Crippen LogP contribution in [0, 0.1) is 0 Å². The van der Waals surface area contributed by atoms with Crippen LogP contribution in [0.2, 0.25) is 0 Å². The highest BCUT2D eigenvalue weighted by molar-refractivity contribution is 5.82. The molecule has 1 atom stereocenters. The Kier molecular flexibility index (Phi) is 7.48. The Morgan fingerprint density at radius 1 is 1.30 bits per heavy atom. The van der Waals surface area contributed by atoms with Crippen molar-refractivity contribution in [1.82, 2.24) is 14.7 Å². The fourth-order valence-electron chi connectivity index (χ4n) is 2.73. The first-order chi connectivity index (χ1) is 9.45. The fraction of sp³-hybridized carbons (Fsp3) is 0.933. The van der Waals surface area contributed by atoms with Crippen LogP contribution in [0.3, 0.4) is 0 Å². The number of hydrogen-bond donors (Lipinski definition) is 1. The largest absolute Gasteiger partial charge is 0.337 e. The molecule has 1 rings (SSSR count). The smallest absolute Gasteiger partial charge is 0.239 e. The van der Waals surface area contributed by atoms with Gasteiger partial charge in [-0.3, -0.25) is 4.79 Å². The SMILES string of the molecule is CCC[C@H](N)C(=O)N(CCN(C)C)C1CCN(C)CC1. The van der Waals surface area contributed by atoms with E-state index in [4.69, 9.17) is 5.73 Å². The van der Waals surface area contributed by atoms with Gasteiger partial charge >= 0.3 is 0 Å². The molecule has 0 aliphatic carbocycles. The number of nitrogens with zero attached hydrogens (tertiary/aromatic N) is 3. The van der Waals surface area contributed by atoms with Crippen LogP contribution in [0.1, 0.15) is 32.6 Å². The van der Waals surface area contributed by atoms with Gasteiger partial charge in [0.25, 0.3) is 0 Å². The van der Waals surface area contributed by atoms with Gasteiger partial charge in [0.05, 0.1) is 6.04 Å². The van der Waals surface area contributed by atoms with Gasteiger partial charge in [-0.05, 0) is 53.5 Å². The summed E-state index contributed by atoms with van der Waals surface area (Å²) < 4.78 is 0. The molecule has 1 fully saturated rings. The standard InChI is InChI=1S/C15H32N4O/c1-5-6-14(16)15(20)19(12-11-17(2)3)13-7-9-18(4)10-8-13/h13-14H,5-12,16H2,1-4H3/t14-/m0/s1.